The Labute approximate surface area is 115 Å². The van der Waals surface area contributed by atoms with Crippen LogP contribution in [0.25, 0.3) is 0 Å². The van der Waals surface area contributed by atoms with Crippen LogP contribution in [0.15, 0.2) is 18.2 Å². The fourth-order valence-electron chi connectivity index (χ4n) is 1.79. The van der Waals surface area contributed by atoms with Gasteiger partial charge in [-0.25, -0.2) is 0 Å². The van der Waals surface area contributed by atoms with Crippen LogP contribution >= 0.6 is 35.0 Å². The Kier molecular flexibility index (Phi) is 4.60. The average Bonchev–Trinajstić information content (AvgIpc) is 2.34. The number of anilines is 1. The van der Waals surface area contributed by atoms with E-state index in [4.69, 9.17) is 23.2 Å². The summed E-state index contributed by atoms with van der Waals surface area (Å²) in [6, 6.07) is 5.09. The number of nitrogens with one attached hydrogen (secondary N) is 1. The van der Waals surface area contributed by atoms with Crippen molar-refractivity contribution in [1.29, 1.82) is 0 Å². The molecule has 0 saturated carbocycles. The predicted molar refractivity (Wildman–Crippen MR) is 75.1 cm³/mol. The zero-order valence-electron chi connectivity index (χ0n) is 9.21. The average molecular weight is 290 g/mol. The SMILES string of the molecule is O=C(Nc1ccc(Cl)cc1Cl)C1CCSCC1. The molecule has 1 aromatic carbocycles. The van der Waals surface area contributed by atoms with Gasteiger partial charge in [0.15, 0.2) is 0 Å². The third-order valence-corrected chi connectivity index (χ3v) is 4.38. The van der Waals surface area contributed by atoms with Crippen molar-refractivity contribution in [3.8, 4) is 0 Å². The molecule has 1 aromatic rings. The molecule has 2 nitrogen and oxygen atoms in total. The number of thioether (sulfide) groups is 1. The van der Waals surface area contributed by atoms with Crippen molar-refractivity contribution < 1.29 is 4.79 Å². The van der Waals surface area contributed by atoms with Gasteiger partial charge in [0.2, 0.25) is 5.91 Å². The fraction of sp³-hybridized carbons (Fsp3) is 0.417. The minimum Gasteiger partial charge on any atom is -0.325 e. The predicted octanol–water partition coefficient (Wildman–Crippen LogP) is 4.08. The number of halogens is 2. The highest BCUT2D eigenvalue weighted by atomic mass is 35.5. The van der Waals surface area contributed by atoms with Gasteiger partial charge in [-0.1, -0.05) is 23.2 Å². The van der Waals surface area contributed by atoms with E-state index in [9.17, 15) is 4.79 Å². The zero-order chi connectivity index (χ0) is 12.3. The van der Waals surface area contributed by atoms with Crippen LogP contribution in [-0.4, -0.2) is 17.4 Å². The second kappa shape index (κ2) is 5.98. The molecule has 0 atom stereocenters. The molecule has 92 valence electrons. The number of carbonyl (C=O) groups excluding carboxylic acids is 1. The highest BCUT2D eigenvalue weighted by Crippen LogP contribution is 2.28. The smallest absolute Gasteiger partial charge is 0.227 e. The summed E-state index contributed by atoms with van der Waals surface area (Å²) < 4.78 is 0. The summed E-state index contributed by atoms with van der Waals surface area (Å²) in [7, 11) is 0. The Balaban J connectivity index is 2.02. The van der Waals surface area contributed by atoms with E-state index in [-0.39, 0.29) is 11.8 Å². The van der Waals surface area contributed by atoms with Crippen LogP contribution in [0.2, 0.25) is 10.0 Å². The second-order valence-corrected chi connectivity index (χ2v) is 6.07. The summed E-state index contributed by atoms with van der Waals surface area (Å²) in [5.41, 5.74) is 0.638. The van der Waals surface area contributed by atoms with Gasteiger partial charge < -0.3 is 5.32 Å². The summed E-state index contributed by atoms with van der Waals surface area (Å²) in [5, 5.41) is 3.92. The van der Waals surface area contributed by atoms with Gasteiger partial charge in [-0.05, 0) is 42.5 Å². The molecule has 2 rings (SSSR count). The first-order valence-corrected chi connectivity index (χ1v) is 7.41. The number of benzene rings is 1. The molecule has 1 saturated heterocycles. The van der Waals surface area contributed by atoms with Crippen molar-refractivity contribution in [2.45, 2.75) is 12.8 Å². The number of hydrogen-bond donors (Lipinski definition) is 1. The number of hydrogen-bond acceptors (Lipinski definition) is 2. The maximum atomic E-state index is 12.0. The lowest BCUT2D eigenvalue weighted by molar-refractivity contribution is -0.120. The van der Waals surface area contributed by atoms with E-state index < -0.39 is 0 Å². The van der Waals surface area contributed by atoms with E-state index in [0.29, 0.717) is 15.7 Å². The van der Waals surface area contributed by atoms with E-state index in [2.05, 4.69) is 5.32 Å². The molecule has 1 aliphatic rings. The molecule has 5 heteroatoms. The van der Waals surface area contributed by atoms with Crippen molar-refractivity contribution in [1.82, 2.24) is 0 Å². The van der Waals surface area contributed by atoms with Gasteiger partial charge in [0.25, 0.3) is 0 Å². The van der Waals surface area contributed by atoms with Crippen molar-refractivity contribution in [3.63, 3.8) is 0 Å². The Hall–Kier alpha value is -0.380. The second-order valence-electron chi connectivity index (χ2n) is 4.00. The van der Waals surface area contributed by atoms with Gasteiger partial charge in [-0.3, -0.25) is 4.79 Å². The minimum atomic E-state index is 0.0644. The number of rotatable bonds is 2. The molecule has 0 unspecified atom stereocenters. The summed E-state index contributed by atoms with van der Waals surface area (Å²) in [6.07, 6.45) is 1.89. The molecule has 1 heterocycles. The molecule has 1 amide bonds. The van der Waals surface area contributed by atoms with Crippen molar-refractivity contribution in [3.05, 3.63) is 28.2 Å². The highest BCUT2D eigenvalue weighted by molar-refractivity contribution is 7.99. The van der Waals surface area contributed by atoms with Gasteiger partial charge in [-0.2, -0.15) is 11.8 Å². The number of carbonyl (C=O) groups is 1. The van der Waals surface area contributed by atoms with E-state index in [0.717, 1.165) is 24.3 Å². The van der Waals surface area contributed by atoms with Crippen molar-refractivity contribution in [2.75, 3.05) is 16.8 Å². The van der Waals surface area contributed by atoms with Gasteiger partial charge in [0.05, 0.1) is 10.7 Å². The first-order valence-electron chi connectivity index (χ1n) is 5.50. The maximum absolute atomic E-state index is 12.0. The molecular formula is C12H13Cl2NOS. The van der Waals surface area contributed by atoms with E-state index in [1.807, 2.05) is 11.8 Å². The standard InChI is InChI=1S/C12H13Cl2NOS/c13-9-1-2-11(10(14)7-9)15-12(16)8-3-5-17-6-4-8/h1-2,7-8H,3-6H2,(H,15,16). The Morgan fingerprint density at radius 2 is 2.00 bits per heavy atom. The van der Waals surface area contributed by atoms with Crippen LogP contribution in [0.1, 0.15) is 12.8 Å². The summed E-state index contributed by atoms with van der Waals surface area (Å²) in [4.78, 5) is 12.0. The molecule has 0 aliphatic carbocycles. The molecule has 1 fully saturated rings. The number of amides is 1. The highest BCUT2D eigenvalue weighted by Gasteiger charge is 2.21. The van der Waals surface area contributed by atoms with Crippen molar-refractivity contribution in [2.24, 2.45) is 5.92 Å². The van der Waals surface area contributed by atoms with E-state index in [1.54, 1.807) is 18.2 Å². The summed E-state index contributed by atoms with van der Waals surface area (Å²) in [5.74, 6) is 2.30. The first kappa shape index (κ1) is 13.1. The molecule has 0 bridgehead atoms. The Morgan fingerprint density at radius 3 is 2.65 bits per heavy atom. The van der Waals surface area contributed by atoms with E-state index in [1.165, 1.54) is 0 Å². The molecule has 0 spiro atoms. The lowest BCUT2D eigenvalue weighted by Crippen LogP contribution is -2.26. The molecule has 17 heavy (non-hydrogen) atoms. The third kappa shape index (κ3) is 3.54. The van der Waals surface area contributed by atoms with Crippen molar-refractivity contribution >= 4 is 46.6 Å². The fourth-order valence-corrected chi connectivity index (χ4v) is 3.35. The molecule has 1 aliphatic heterocycles. The van der Waals surface area contributed by atoms with Crippen LogP contribution in [0, 0.1) is 5.92 Å². The monoisotopic (exact) mass is 289 g/mol. The van der Waals surface area contributed by atoms with Gasteiger partial charge >= 0.3 is 0 Å². The summed E-state index contributed by atoms with van der Waals surface area (Å²) in [6.45, 7) is 0. The Bertz CT molecular complexity index is 419. The summed E-state index contributed by atoms with van der Waals surface area (Å²) >= 11 is 13.7. The zero-order valence-corrected chi connectivity index (χ0v) is 11.5. The molecular weight excluding hydrogens is 277 g/mol. The van der Waals surface area contributed by atoms with Crippen LogP contribution in [-0.2, 0) is 4.79 Å². The van der Waals surface area contributed by atoms with Gasteiger partial charge in [0, 0.05) is 10.9 Å². The quantitative estimate of drug-likeness (QED) is 0.889. The minimum absolute atomic E-state index is 0.0644. The largest absolute Gasteiger partial charge is 0.325 e. The lowest BCUT2D eigenvalue weighted by atomic mass is 10.0. The Morgan fingerprint density at radius 1 is 1.29 bits per heavy atom. The normalized spacial score (nSPS) is 16.8. The lowest BCUT2D eigenvalue weighted by Gasteiger charge is -2.20. The van der Waals surface area contributed by atoms with Crippen LogP contribution in [0.5, 0.6) is 0 Å². The van der Waals surface area contributed by atoms with Gasteiger partial charge in [-0.15, -0.1) is 0 Å². The van der Waals surface area contributed by atoms with Crippen LogP contribution < -0.4 is 5.32 Å². The van der Waals surface area contributed by atoms with Gasteiger partial charge in [0.1, 0.15) is 0 Å². The molecule has 1 N–H and O–H groups in total. The van der Waals surface area contributed by atoms with E-state index >= 15 is 0 Å². The molecule has 0 radical (unpaired) electrons. The first-order chi connectivity index (χ1) is 8.16. The van der Waals surface area contributed by atoms with Crippen LogP contribution in [0.3, 0.4) is 0 Å². The molecule has 0 aromatic heterocycles. The third-order valence-electron chi connectivity index (χ3n) is 2.78. The topological polar surface area (TPSA) is 29.1 Å². The van der Waals surface area contributed by atoms with Crippen LogP contribution in [0.4, 0.5) is 5.69 Å². The maximum Gasteiger partial charge on any atom is 0.227 e.